The van der Waals surface area contributed by atoms with E-state index in [0.29, 0.717) is 0 Å². The van der Waals surface area contributed by atoms with Crippen molar-refractivity contribution >= 4 is 11.9 Å². The maximum Gasteiger partial charge on any atom is 0.326 e. The van der Waals surface area contributed by atoms with E-state index in [4.69, 9.17) is 5.11 Å². The molecule has 96 valence electrons. The number of carbonyl (C=O) groups is 2. The van der Waals surface area contributed by atoms with Crippen molar-refractivity contribution in [2.45, 2.75) is 25.8 Å². The van der Waals surface area contributed by atoms with Gasteiger partial charge in [-0.2, -0.15) is 0 Å². The second-order valence-corrected chi connectivity index (χ2v) is 4.11. The number of amides is 1. The van der Waals surface area contributed by atoms with Gasteiger partial charge in [-0.3, -0.25) is 4.79 Å². The quantitative estimate of drug-likeness (QED) is 0.749. The number of carboxylic acid groups (broad SMARTS) is 1. The number of carbonyl (C=O) groups excluding carboxylic acids is 1. The van der Waals surface area contributed by atoms with E-state index in [-0.39, 0.29) is 12.3 Å². The van der Waals surface area contributed by atoms with Crippen molar-refractivity contribution in [1.29, 1.82) is 0 Å². The van der Waals surface area contributed by atoms with Crippen molar-refractivity contribution < 1.29 is 14.7 Å². The normalized spacial score (nSPS) is 11.6. The third-order valence-corrected chi connectivity index (χ3v) is 2.49. The van der Waals surface area contributed by atoms with Gasteiger partial charge < -0.3 is 10.4 Å². The van der Waals surface area contributed by atoms with Crippen LogP contribution in [0.2, 0.25) is 0 Å². The Bertz CT molecular complexity index is 454. The smallest absolute Gasteiger partial charge is 0.326 e. The molecule has 0 bridgehead atoms. The second kappa shape index (κ2) is 6.59. The van der Waals surface area contributed by atoms with Crippen molar-refractivity contribution in [3.63, 3.8) is 0 Å². The van der Waals surface area contributed by atoms with Crippen LogP contribution in [0.4, 0.5) is 0 Å². The number of aliphatic carboxylic acids is 1. The summed E-state index contributed by atoms with van der Waals surface area (Å²) in [6.07, 6.45) is 2.81. The molecule has 1 atom stereocenters. The van der Waals surface area contributed by atoms with E-state index >= 15 is 0 Å². The molecule has 4 heteroatoms. The van der Waals surface area contributed by atoms with Crippen LogP contribution in [-0.2, 0) is 22.4 Å². The van der Waals surface area contributed by atoms with Gasteiger partial charge in [0.05, 0.1) is 0 Å². The van der Waals surface area contributed by atoms with Crippen LogP contribution < -0.4 is 5.32 Å². The molecule has 1 aromatic carbocycles. The van der Waals surface area contributed by atoms with Crippen LogP contribution in [0.1, 0.15) is 18.1 Å². The van der Waals surface area contributed by atoms with E-state index in [1.165, 1.54) is 6.92 Å². The molecule has 18 heavy (non-hydrogen) atoms. The Morgan fingerprint density at radius 3 is 2.67 bits per heavy atom. The molecular weight excluding hydrogens is 230 g/mol. The molecule has 0 aliphatic heterocycles. The lowest BCUT2D eigenvalue weighted by Gasteiger charge is -2.13. The third-order valence-electron chi connectivity index (χ3n) is 2.49. The number of carboxylic acids is 1. The highest BCUT2D eigenvalue weighted by Gasteiger charge is 2.18. The lowest BCUT2D eigenvalue weighted by atomic mass is 10.0. The highest BCUT2D eigenvalue weighted by molar-refractivity contribution is 5.82. The van der Waals surface area contributed by atoms with Gasteiger partial charge in [0.25, 0.3) is 0 Å². The van der Waals surface area contributed by atoms with Gasteiger partial charge in [-0.25, -0.2) is 4.79 Å². The Labute approximate surface area is 106 Å². The molecule has 0 aliphatic rings. The lowest BCUT2D eigenvalue weighted by Crippen LogP contribution is -2.41. The Balaban J connectivity index is 2.79. The van der Waals surface area contributed by atoms with Gasteiger partial charge in [0.2, 0.25) is 5.91 Å². The summed E-state index contributed by atoms with van der Waals surface area (Å²) in [6, 6.07) is 6.73. The van der Waals surface area contributed by atoms with Crippen LogP contribution in [0.3, 0.4) is 0 Å². The van der Waals surface area contributed by atoms with Crippen molar-refractivity contribution in [2.24, 2.45) is 0 Å². The molecule has 1 amide bonds. The number of hydrogen-bond donors (Lipinski definition) is 2. The van der Waals surface area contributed by atoms with E-state index in [9.17, 15) is 9.59 Å². The van der Waals surface area contributed by atoms with Crippen molar-refractivity contribution in [2.75, 3.05) is 0 Å². The number of rotatable bonds is 6. The highest BCUT2D eigenvalue weighted by Crippen LogP contribution is 2.09. The first-order chi connectivity index (χ1) is 8.52. The molecule has 0 aliphatic carbocycles. The summed E-state index contributed by atoms with van der Waals surface area (Å²) in [4.78, 5) is 21.9. The molecule has 0 aromatic heterocycles. The van der Waals surface area contributed by atoms with Gasteiger partial charge in [-0.05, 0) is 17.5 Å². The minimum Gasteiger partial charge on any atom is -0.480 e. The Hall–Kier alpha value is -2.10. The van der Waals surface area contributed by atoms with E-state index in [1.807, 2.05) is 24.3 Å². The molecule has 0 saturated heterocycles. The van der Waals surface area contributed by atoms with Crippen molar-refractivity contribution in [1.82, 2.24) is 5.32 Å². The molecule has 0 heterocycles. The first kappa shape index (κ1) is 14.0. The fourth-order valence-corrected chi connectivity index (χ4v) is 1.73. The summed E-state index contributed by atoms with van der Waals surface area (Å²) >= 11 is 0. The zero-order valence-corrected chi connectivity index (χ0v) is 10.3. The average molecular weight is 247 g/mol. The second-order valence-electron chi connectivity index (χ2n) is 4.11. The van der Waals surface area contributed by atoms with E-state index < -0.39 is 12.0 Å². The number of nitrogens with one attached hydrogen (secondary N) is 1. The van der Waals surface area contributed by atoms with Crippen molar-refractivity contribution in [3.05, 3.63) is 48.0 Å². The highest BCUT2D eigenvalue weighted by atomic mass is 16.4. The van der Waals surface area contributed by atoms with Crippen LogP contribution in [0, 0.1) is 0 Å². The molecule has 2 N–H and O–H groups in total. The molecule has 1 rings (SSSR count). The Morgan fingerprint density at radius 2 is 2.11 bits per heavy atom. The monoisotopic (exact) mass is 247 g/mol. The minimum atomic E-state index is -1.03. The molecule has 0 fully saturated rings. The standard InChI is InChI=1S/C14H17NO3/c1-3-5-11-6-4-7-12(8-11)9-13(14(17)18)15-10(2)16/h3-4,6-8,13H,1,5,9H2,2H3,(H,15,16)(H,17,18)/t13-/m1/s1. The lowest BCUT2D eigenvalue weighted by molar-refractivity contribution is -0.141. The third kappa shape index (κ3) is 4.41. The summed E-state index contributed by atoms with van der Waals surface area (Å²) in [5.74, 6) is -1.37. The predicted octanol–water partition coefficient (Wildman–Crippen LogP) is 1.55. The van der Waals surface area contributed by atoms with E-state index in [1.54, 1.807) is 6.08 Å². The molecule has 0 unspecified atom stereocenters. The number of hydrogen-bond acceptors (Lipinski definition) is 2. The summed E-state index contributed by atoms with van der Waals surface area (Å²) in [5.41, 5.74) is 1.96. The molecule has 0 spiro atoms. The van der Waals surface area contributed by atoms with E-state index in [2.05, 4.69) is 11.9 Å². The van der Waals surface area contributed by atoms with Crippen LogP contribution in [0.25, 0.3) is 0 Å². The largest absolute Gasteiger partial charge is 0.480 e. The zero-order chi connectivity index (χ0) is 13.5. The van der Waals surface area contributed by atoms with Gasteiger partial charge in [0, 0.05) is 13.3 Å². The van der Waals surface area contributed by atoms with Gasteiger partial charge in [0.1, 0.15) is 6.04 Å². The average Bonchev–Trinajstić information content (AvgIpc) is 2.28. The molecule has 4 nitrogen and oxygen atoms in total. The molecule has 0 saturated carbocycles. The van der Waals surface area contributed by atoms with Gasteiger partial charge >= 0.3 is 5.97 Å². The summed E-state index contributed by atoms with van der Waals surface area (Å²) in [7, 11) is 0. The van der Waals surface area contributed by atoms with Crippen LogP contribution >= 0.6 is 0 Å². The fourth-order valence-electron chi connectivity index (χ4n) is 1.73. The molecule has 0 radical (unpaired) electrons. The summed E-state index contributed by atoms with van der Waals surface area (Å²) in [5, 5.41) is 11.4. The fraction of sp³-hybridized carbons (Fsp3) is 0.286. The topological polar surface area (TPSA) is 66.4 Å². The predicted molar refractivity (Wildman–Crippen MR) is 69.3 cm³/mol. The van der Waals surface area contributed by atoms with Crippen LogP contribution in [0.5, 0.6) is 0 Å². The van der Waals surface area contributed by atoms with Crippen LogP contribution in [-0.4, -0.2) is 23.0 Å². The summed E-state index contributed by atoms with van der Waals surface area (Å²) < 4.78 is 0. The van der Waals surface area contributed by atoms with Crippen molar-refractivity contribution in [3.8, 4) is 0 Å². The SMILES string of the molecule is C=CCc1cccc(C[C@@H](NC(C)=O)C(=O)O)c1. The first-order valence-corrected chi connectivity index (χ1v) is 5.71. The zero-order valence-electron chi connectivity index (χ0n) is 10.3. The maximum atomic E-state index is 11.0. The Morgan fingerprint density at radius 1 is 1.44 bits per heavy atom. The number of allylic oxidation sites excluding steroid dienone is 1. The molecule has 1 aromatic rings. The minimum absolute atomic E-state index is 0.278. The first-order valence-electron chi connectivity index (χ1n) is 5.71. The summed E-state index contributed by atoms with van der Waals surface area (Å²) in [6.45, 7) is 4.97. The van der Waals surface area contributed by atoms with Crippen LogP contribution in [0.15, 0.2) is 36.9 Å². The Kier molecular flexibility index (Phi) is 5.11. The number of benzene rings is 1. The maximum absolute atomic E-state index is 11.0. The molecular formula is C14H17NO3. The van der Waals surface area contributed by atoms with Gasteiger partial charge in [0.15, 0.2) is 0 Å². The van der Waals surface area contributed by atoms with Gasteiger partial charge in [-0.15, -0.1) is 6.58 Å². The van der Waals surface area contributed by atoms with E-state index in [0.717, 1.165) is 17.5 Å². The van der Waals surface area contributed by atoms with Gasteiger partial charge in [-0.1, -0.05) is 30.3 Å².